The molecule has 2 amide bonds. The molecule has 2 fully saturated rings. The molecule has 2 saturated heterocycles. The van der Waals surface area contributed by atoms with E-state index in [1.165, 1.54) is 0 Å². The van der Waals surface area contributed by atoms with Gasteiger partial charge in [0.15, 0.2) is 0 Å². The highest BCUT2D eigenvalue weighted by Crippen LogP contribution is 2.44. The second kappa shape index (κ2) is 8.04. The molecule has 0 unspecified atom stereocenters. The number of nitrogens with one attached hydrogen (secondary N) is 1. The van der Waals surface area contributed by atoms with Crippen LogP contribution in [0.3, 0.4) is 0 Å². The van der Waals surface area contributed by atoms with E-state index in [2.05, 4.69) is 30.7 Å². The van der Waals surface area contributed by atoms with Gasteiger partial charge in [-0.05, 0) is 51.6 Å². The Labute approximate surface area is 183 Å². The van der Waals surface area contributed by atoms with Crippen LogP contribution in [0.2, 0.25) is 0 Å². The monoisotopic (exact) mass is 429 g/mol. The lowest BCUT2D eigenvalue weighted by atomic mass is 9.76. The van der Waals surface area contributed by atoms with Gasteiger partial charge in [0.05, 0.1) is 12.2 Å². The average Bonchev–Trinajstić information content (AvgIpc) is 3.07. The van der Waals surface area contributed by atoms with E-state index in [-0.39, 0.29) is 34.1 Å². The summed E-state index contributed by atoms with van der Waals surface area (Å²) in [4.78, 5) is 48.9. The van der Waals surface area contributed by atoms with Crippen LogP contribution in [0.5, 0.6) is 0 Å². The third kappa shape index (κ3) is 4.27. The number of rotatable bonds is 3. The fourth-order valence-corrected chi connectivity index (χ4v) is 5.34. The summed E-state index contributed by atoms with van der Waals surface area (Å²) >= 11 is 0. The van der Waals surface area contributed by atoms with E-state index in [4.69, 9.17) is 10.7 Å². The summed E-state index contributed by atoms with van der Waals surface area (Å²) in [5, 5.41) is 0. The van der Waals surface area contributed by atoms with Crippen molar-refractivity contribution in [3.05, 3.63) is 27.4 Å². The number of aromatic amines is 1. The van der Waals surface area contributed by atoms with Gasteiger partial charge in [-0.2, -0.15) is 0 Å². The van der Waals surface area contributed by atoms with Crippen LogP contribution in [0.1, 0.15) is 70.0 Å². The lowest BCUT2D eigenvalue weighted by Gasteiger charge is -2.40. The SMILES string of the molecule is CC(C)(C)c1nc2c(c(=O)[nH]1)CCC21CCN(C(=O)CN2CCC(C(N)=O)CC2)CC1. The molecule has 1 spiro atoms. The molecule has 3 heterocycles. The molecule has 31 heavy (non-hydrogen) atoms. The van der Waals surface area contributed by atoms with Gasteiger partial charge in [0, 0.05) is 35.4 Å². The zero-order valence-electron chi connectivity index (χ0n) is 19.0. The van der Waals surface area contributed by atoms with Gasteiger partial charge in [0.1, 0.15) is 5.82 Å². The summed E-state index contributed by atoms with van der Waals surface area (Å²) in [7, 11) is 0. The smallest absolute Gasteiger partial charge is 0.254 e. The van der Waals surface area contributed by atoms with Crippen LogP contribution in [0, 0.1) is 5.92 Å². The van der Waals surface area contributed by atoms with Gasteiger partial charge >= 0.3 is 0 Å². The summed E-state index contributed by atoms with van der Waals surface area (Å²) in [5.74, 6) is 0.610. The van der Waals surface area contributed by atoms with Crippen molar-refractivity contribution in [2.75, 3.05) is 32.7 Å². The maximum Gasteiger partial charge on any atom is 0.254 e. The van der Waals surface area contributed by atoms with Crippen molar-refractivity contribution in [1.29, 1.82) is 0 Å². The number of nitrogens with two attached hydrogens (primary N) is 1. The molecule has 1 aromatic heterocycles. The molecule has 1 aromatic rings. The molecular formula is C23H35N5O3. The number of likely N-dealkylation sites (tertiary alicyclic amines) is 2. The molecule has 0 saturated carbocycles. The van der Waals surface area contributed by atoms with Crippen LogP contribution in [0.4, 0.5) is 0 Å². The maximum atomic E-state index is 12.9. The van der Waals surface area contributed by atoms with Crippen LogP contribution in [0.25, 0.3) is 0 Å². The molecule has 1 aliphatic carbocycles. The van der Waals surface area contributed by atoms with Crippen molar-refractivity contribution < 1.29 is 9.59 Å². The van der Waals surface area contributed by atoms with Crippen molar-refractivity contribution in [2.45, 2.75) is 70.1 Å². The van der Waals surface area contributed by atoms with Crippen molar-refractivity contribution in [3.63, 3.8) is 0 Å². The molecule has 0 radical (unpaired) electrons. The predicted molar refractivity (Wildman–Crippen MR) is 118 cm³/mol. The van der Waals surface area contributed by atoms with Crippen molar-refractivity contribution in [3.8, 4) is 0 Å². The van der Waals surface area contributed by atoms with Gasteiger partial charge in [-0.25, -0.2) is 4.98 Å². The van der Waals surface area contributed by atoms with E-state index in [0.717, 1.165) is 68.7 Å². The van der Waals surface area contributed by atoms with Crippen molar-refractivity contribution >= 4 is 11.8 Å². The van der Waals surface area contributed by atoms with Crippen molar-refractivity contribution in [2.24, 2.45) is 11.7 Å². The van der Waals surface area contributed by atoms with Crippen LogP contribution in [-0.4, -0.2) is 64.3 Å². The lowest BCUT2D eigenvalue weighted by Crippen LogP contribution is -2.49. The summed E-state index contributed by atoms with van der Waals surface area (Å²) in [6.45, 7) is 9.48. The zero-order chi connectivity index (χ0) is 22.4. The first-order valence-corrected chi connectivity index (χ1v) is 11.5. The third-order valence-electron chi connectivity index (χ3n) is 7.50. The first kappa shape index (κ1) is 22.0. The van der Waals surface area contributed by atoms with Gasteiger partial charge in [0.2, 0.25) is 11.8 Å². The highest BCUT2D eigenvalue weighted by atomic mass is 16.2. The number of carbonyl (C=O) groups excluding carboxylic acids is 2. The van der Waals surface area contributed by atoms with E-state index in [1.54, 1.807) is 0 Å². The average molecular weight is 430 g/mol. The second-order valence-corrected chi connectivity index (χ2v) is 10.6. The minimum atomic E-state index is -0.230. The highest BCUT2D eigenvalue weighted by Gasteiger charge is 2.45. The minimum Gasteiger partial charge on any atom is -0.369 e. The summed E-state index contributed by atoms with van der Waals surface area (Å²) < 4.78 is 0. The molecule has 2 aliphatic heterocycles. The molecule has 3 aliphatic rings. The molecule has 4 rings (SSSR count). The molecule has 8 heteroatoms. The fraction of sp³-hybridized carbons (Fsp3) is 0.739. The molecule has 0 atom stereocenters. The number of amides is 2. The van der Waals surface area contributed by atoms with Gasteiger partial charge in [-0.15, -0.1) is 0 Å². The maximum absolute atomic E-state index is 12.9. The number of aromatic nitrogens is 2. The second-order valence-electron chi connectivity index (χ2n) is 10.6. The first-order chi connectivity index (χ1) is 14.6. The summed E-state index contributed by atoms with van der Waals surface area (Å²) in [6.07, 6.45) is 4.89. The Bertz CT molecular complexity index is 916. The largest absolute Gasteiger partial charge is 0.369 e. The van der Waals surface area contributed by atoms with E-state index in [0.29, 0.717) is 19.6 Å². The summed E-state index contributed by atoms with van der Waals surface area (Å²) in [5.41, 5.74) is 6.93. The van der Waals surface area contributed by atoms with E-state index in [1.807, 2.05) is 4.90 Å². The Morgan fingerprint density at radius 1 is 1.13 bits per heavy atom. The fourth-order valence-electron chi connectivity index (χ4n) is 5.34. The standard InChI is InChI=1S/C23H35N5O3/c1-22(2,3)21-25-18-16(20(31)26-21)4-7-23(18)8-12-28(13-9-23)17(29)14-27-10-5-15(6-11-27)19(24)30/h15H,4-14H2,1-3H3,(H2,24,30)(H,25,26,31). The van der Waals surface area contributed by atoms with Crippen LogP contribution < -0.4 is 11.3 Å². The van der Waals surface area contributed by atoms with Gasteiger partial charge in [0.25, 0.3) is 5.56 Å². The molecule has 170 valence electrons. The molecule has 8 nitrogen and oxygen atoms in total. The van der Waals surface area contributed by atoms with Gasteiger partial charge < -0.3 is 15.6 Å². The molecule has 3 N–H and O–H groups in total. The number of carbonyl (C=O) groups is 2. The predicted octanol–water partition coefficient (Wildman–Crippen LogP) is 1.07. The zero-order valence-corrected chi connectivity index (χ0v) is 19.0. The molecule has 0 aromatic carbocycles. The van der Waals surface area contributed by atoms with E-state index >= 15 is 0 Å². The Morgan fingerprint density at radius 2 is 1.77 bits per heavy atom. The Balaban J connectivity index is 1.40. The topological polar surface area (TPSA) is 112 Å². The Kier molecular flexibility index (Phi) is 5.70. The minimum absolute atomic E-state index is 0.00432. The number of nitrogens with zero attached hydrogens (tertiary/aromatic N) is 3. The van der Waals surface area contributed by atoms with Gasteiger partial charge in [-0.1, -0.05) is 20.8 Å². The van der Waals surface area contributed by atoms with Crippen LogP contribution >= 0.6 is 0 Å². The normalized spacial score (nSPS) is 22.0. The Morgan fingerprint density at radius 3 is 2.35 bits per heavy atom. The number of fused-ring (bicyclic) bond motifs is 2. The van der Waals surface area contributed by atoms with E-state index < -0.39 is 0 Å². The molecular weight excluding hydrogens is 394 g/mol. The van der Waals surface area contributed by atoms with Crippen molar-refractivity contribution in [1.82, 2.24) is 19.8 Å². The van der Waals surface area contributed by atoms with Crippen LogP contribution in [0.15, 0.2) is 4.79 Å². The quantitative estimate of drug-likeness (QED) is 0.746. The van der Waals surface area contributed by atoms with E-state index in [9.17, 15) is 14.4 Å². The third-order valence-corrected chi connectivity index (χ3v) is 7.50. The lowest BCUT2D eigenvalue weighted by molar-refractivity contribution is -0.134. The number of primary amides is 1. The van der Waals surface area contributed by atoms with Gasteiger partial charge in [-0.3, -0.25) is 19.3 Å². The molecule has 0 bridgehead atoms. The number of hydrogen-bond acceptors (Lipinski definition) is 5. The highest BCUT2D eigenvalue weighted by molar-refractivity contribution is 5.79. The number of H-pyrrole nitrogens is 1. The number of piperidine rings is 2. The summed E-state index contributed by atoms with van der Waals surface area (Å²) in [6, 6.07) is 0. The Hall–Kier alpha value is -2.22. The van der Waals surface area contributed by atoms with Crippen LogP contribution in [-0.2, 0) is 26.8 Å². The first-order valence-electron chi connectivity index (χ1n) is 11.5. The number of hydrogen-bond donors (Lipinski definition) is 2.